The van der Waals surface area contributed by atoms with Gasteiger partial charge in [-0.25, -0.2) is 0 Å². The van der Waals surface area contributed by atoms with Crippen LogP contribution in [0.5, 0.6) is 0 Å². The second kappa shape index (κ2) is 7.93. The normalized spacial score (nSPS) is 14.4. The van der Waals surface area contributed by atoms with E-state index < -0.39 is 0 Å². The van der Waals surface area contributed by atoms with Crippen LogP contribution in [0.2, 0.25) is 0 Å². The second-order valence-corrected chi connectivity index (χ2v) is 6.69. The molecule has 0 saturated heterocycles. The lowest BCUT2D eigenvalue weighted by molar-refractivity contribution is 0.171. The molecule has 0 heterocycles. The Balaban J connectivity index is 2.26. The van der Waals surface area contributed by atoms with E-state index in [4.69, 9.17) is 0 Å². The summed E-state index contributed by atoms with van der Waals surface area (Å²) in [4.78, 5) is 1.36. The predicted molar refractivity (Wildman–Crippen MR) is 85.0 cm³/mol. The quantitative estimate of drug-likeness (QED) is 0.565. The zero-order valence-electron chi connectivity index (χ0n) is 12.6. The molecule has 0 bridgehead atoms. The van der Waals surface area contributed by atoms with Crippen molar-refractivity contribution in [1.29, 1.82) is 0 Å². The van der Waals surface area contributed by atoms with Gasteiger partial charge in [-0.05, 0) is 69.7 Å². The van der Waals surface area contributed by atoms with Crippen molar-refractivity contribution < 1.29 is 5.11 Å². The maximum Gasteiger partial charge on any atom is 0.0610 e. The molecule has 0 amide bonds. The first-order chi connectivity index (χ1) is 9.00. The van der Waals surface area contributed by atoms with Crippen molar-refractivity contribution in [3.8, 4) is 0 Å². The molecule has 0 aliphatic heterocycles. The molecule has 0 aromatic heterocycles. The highest BCUT2D eigenvalue weighted by atomic mass is 32.2. The van der Waals surface area contributed by atoms with Crippen LogP contribution in [0.15, 0.2) is 23.1 Å². The van der Waals surface area contributed by atoms with E-state index in [-0.39, 0.29) is 12.1 Å². The van der Waals surface area contributed by atoms with Gasteiger partial charge in [0.15, 0.2) is 0 Å². The molecule has 0 aliphatic rings. The van der Waals surface area contributed by atoms with Gasteiger partial charge in [0.1, 0.15) is 0 Å². The Morgan fingerprint density at radius 2 is 1.95 bits per heavy atom. The third kappa shape index (κ3) is 5.55. The maximum absolute atomic E-state index is 9.31. The third-order valence-electron chi connectivity index (χ3n) is 3.82. The van der Waals surface area contributed by atoms with Crippen molar-refractivity contribution in [2.45, 2.75) is 50.5 Å². The Morgan fingerprint density at radius 1 is 1.21 bits per heavy atom. The van der Waals surface area contributed by atoms with Crippen LogP contribution in [0.4, 0.5) is 0 Å². The number of aryl methyl sites for hydroxylation is 2. The van der Waals surface area contributed by atoms with E-state index in [0.717, 1.165) is 18.6 Å². The van der Waals surface area contributed by atoms with Gasteiger partial charge in [0.2, 0.25) is 0 Å². The van der Waals surface area contributed by atoms with Crippen LogP contribution in [-0.4, -0.2) is 30.1 Å². The minimum Gasteiger partial charge on any atom is -0.394 e. The summed E-state index contributed by atoms with van der Waals surface area (Å²) >= 11 is 1.93. The first-order valence-corrected chi connectivity index (χ1v) is 7.99. The summed E-state index contributed by atoms with van der Waals surface area (Å²) in [6.45, 7) is 6.59. The average Bonchev–Trinajstić information content (AvgIpc) is 2.42. The lowest BCUT2D eigenvalue weighted by atomic mass is 9.96. The average molecular weight is 281 g/mol. The Bertz CT molecular complexity index is 388. The molecule has 1 aromatic carbocycles. The van der Waals surface area contributed by atoms with Crippen molar-refractivity contribution in [2.75, 3.05) is 19.4 Å². The van der Waals surface area contributed by atoms with Gasteiger partial charge >= 0.3 is 0 Å². The maximum atomic E-state index is 9.31. The number of aliphatic hydroxyl groups excluding tert-OH is 1. The van der Waals surface area contributed by atoms with Crippen molar-refractivity contribution in [2.24, 2.45) is 0 Å². The Hall–Kier alpha value is -0.510. The van der Waals surface area contributed by atoms with Crippen LogP contribution in [0, 0.1) is 13.8 Å². The first-order valence-electron chi connectivity index (χ1n) is 7.00. The van der Waals surface area contributed by atoms with Crippen LogP contribution >= 0.6 is 11.8 Å². The van der Waals surface area contributed by atoms with Gasteiger partial charge in [0, 0.05) is 10.4 Å². The molecule has 0 radical (unpaired) electrons. The molecule has 0 fully saturated rings. The highest BCUT2D eigenvalue weighted by molar-refractivity contribution is 7.99. The fourth-order valence-corrected chi connectivity index (χ4v) is 2.90. The molecule has 1 rings (SSSR count). The second-order valence-electron chi connectivity index (χ2n) is 5.52. The molecule has 1 aromatic rings. The fourth-order valence-electron chi connectivity index (χ4n) is 1.89. The predicted octanol–water partition coefficient (Wildman–Crippen LogP) is 3.54. The van der Waals surface area contributed by atoms with E-state index in [1.807, 2.05) is 18.8 Å². The van der Waals surface area contributed by atoms with Gasteiger partial charge in [0.05, 0.1) is 6.61 Å². The Kier molecular flexibility index (Phi) is 6.90. The van der Waals surface area contributed by atoms with Gasteiger partial charge < -0.3 is 10.4 Å². The Labute approximate surface area is 122 Å². The number of aliphatic hydroxyl groups is 1. The van der Waals surface area contributed by atoms with Gasteiger partial charge in [-0.15, -0.1) is 11.8 Å². The summed E-state index contributed by atoms with van der Waals surface area (Å²) in [7, 11) is 1.92. The third-order valence-corrected chi connectivity index (χ3v) is 4.90. The summed E-state index contributed by atoms with van der Waals surface area (Å²) in [5, 5.41) is 12.5. The molecule has 0 spiro atoms. The molecule has 1 unspecified atom stereocenters. The van der Waals surface area contributed by atoms with Crippen molar-refractivity contribution in [3.63, 3.8) is 0 Å². The summed E-state index contributed by atoms with van der Waals surface area (Å²) < 4.78 is 0. The van der Waals surface area contributed by atoms with Gasteiger partial charge in [-0.2, -0.15) is 0 Å². The SMILES string of the molecule is CNC(C)(CO)CCCCSc1ccc(C)c(C)c1. The standard InChI is InChI=1S/C16H27NOS/c1-13-7-8-15(11-14(13)2)19-10-6-5-9-16(3,12-18)17-4/h7-8,11,17-18H,5-6,9-10,12H2,1-4H3. The number of rotatable bonds is 8. The molecule has 1 atom stereocenters. The number of hydrogen-bond donors (Lipinski definition) is 2. The van der Waals surface area contributed by atoms with Gasteiger partial charge in [0.25, 0.3) is 0 Å². The zero-order chi connectivity index (χ0) is 14.3. The van der Waals surface area contributed by atoms with E-state index >= 15 is 0 Å². The highest BCUT2D eigenvalue weighted by Gasteiger charge is 2.19. The highest BCUT2D eigenvalue weighted by Crippen LogP contribution is 2.23. The lowest BCUT2D eigenvalue weighted by Gasteiger charge is -2.26. The number of benzene rings is 1. The Morgan fingerprint density at radius 3 is 2.53 bits per heavy atom. The lowest BCUT2D eigenvalue weighted by Crippen LogP contribution is -2.43. The minimum atomic E-state index is -0.120. The van der Waals surface area contributed by atoms with Crippen LogP contribution in [0.1, 0.15) is 37.3 Å². The van der Waals surface area contributed by atoms with Crippen LogP contribution in [0.25, 0.3) is 0 Å². The topological polar surface area (TPSA) is 32.3 Å². The largest absolute Gasteiger partial charge is 0.394 e. The van der Waals surface area contributed by atoms with Crippen LogP contribution < -0.4 is 5.32 Å². The van der Waals surface area contributed by atoms with E-state index in [9.17, 15) is 5.11 Å². The summed E-state index contributed by atoms with van der Waals surface area (Å²) in [6.07, 6.45) is 3.36. The van der Waals surface area contributed by atoms with Gasteiger partial charge in [-0.3, -0.25) is 0 Å². The fraction of sp³-hybridized carbons (Fsp3) is 0.625. The molecule has 108 valence electrons. The number of nitrogens with one attached hydrogen (secondary N) is 1. The molecule has 2 nitrogen and oxygen atoms in total. The molecular weight excluding hydrogens is 254 g/mol. The van der Waals surface area contributed by atoms with E-state index in [0.29, 0.717) is 0 Å². The summed E-state index contributed by atoms with van der Waals surface area (Å²) in [5.41, 5.74) is 2.61. The first kappa shape index (κ1) is 16.5. The smallest absolute Gasteiger partial charge is 0.0610 e. The van der Waals surface area contributed by atoms with Crippen molar-refractivity contribution in [3.05, 3.63) is 29.3 Å². The summed E-state index contributed by atoms with van der Waals surface area (Å²) in [6, 6.07) is 6.67. The van der Waals surface area contributed by atoms with Crippen molar-refractivity contribution >= 4 is 11.8 Å². The van der Waals surface area contributed by atoms with Crippen LogP contribution in [0.3, 0.4) is 0 Å². The molecule has 0 saturated carbocycles. The van der Waals surface area contributed by atoms with E-state index in [1.54, 1.807) is 0 Å². The zero-order valence-corrected chi connectivity index (χ0v) is 13.4. The van der Waals surface area contributed by atoms with Crippen LogP contribution in [-0.2, 0) is 0 Å². The number of hydrogen-bond acceptors (Lipinski definition) is 3. The number of unbranched alkanes of at least 4 members (excludes halogenated alkanes) is 1. The molecule has 0 aliphatic carbocycles. The van der Waals surface area contributed by atoms with E-state index in [2.05, 4.69) is 44.3 Å². The van der Waals surface area contributed by atoms with Gasteiger partial charge in [-0.1, -0.05) is 12.5 Å². The molecular formula is C16H27NOS. The summed E-state index contributed by atoms with van der Waals surface area (Å²) in [5.74, 6) is 1.15. The number of likely N-dealkylation sites (N-methyl/N-ethyl adjacent to an activating group) is 1. The molecule has 19 heavy (non-hydrogen) atoms. The molecule has 2 N–H and O–H groups in total. The monoisotopic (exact) mass is 281 g/mol. The number of thioether (sulfide) groups is 1. The minimum absolute atomic E-state index is 0.120. The van der Waals surface area contributed by atoms with E-state index in [1.165, 1.54) is 22.4 Å². The molecule has 3 heteroatoms. The van der Waals surface area contributed by atoms with Crippen molar-refractivity contribution in [1.82, 2.24) is 5.32 Å².